The predicted molar refractivity (Wildman–Crippen MR) is 181 cm³/mol. The number of H-pyrrole nitrogens is 1. The standard InChI is InChI=1S/C34H42N10O5/c1-20(2)15-27-33(48)39-21(3)31-41-30(23-9-6-5-7-10-23)42-44(31)18-28(45)35-13-8-14-43(17-29(46)38-22(4)32(47)40-27)34(49)24-11-12-25-26(16-24)37-19-36-25/h5-7,9-12,16,19-22,27H,8,13-15,17-18H2,1-4H3,(H,35,45)(H,36,37)(H,38,46)(H,39,48)(H,40,47)/t21-,22+,27+/m0/s1. The number of amides is 5. The zero-order valence-corrected chi connectivity index (χ0v) is 28.0. The molecule has 1 aliphatic rings. The number of rotatable bonds is 4. The summed E-state index contributed by atoms with van der Waals surface area (Å²) in [6.07, 6.45) is 2.20. The second-order valence-corrected chi connectivity index (χ2v) is 12.6. The Labute approximate surface area is 283 Å². The Morgan fingerprint density at radius 2 is 1.69 bits per heavy atom. The van der Waals surface area contributed by atoms with Crippen molar-refractivity contribution >= 4 is 40.6 Å². The maximum absolute atomic E-state index is 13.6. The number of fused-ring (bicyclic) bond motifs is 2. The van der Waals surface area contributed by atoms with E-state index in [-0.39, 0.29) is 38.0 Å². The molecule has 4 aromatic rings. The summed E-state index contributed by atoms with van der Waals surface area (Å²) < 4.78 is 1.46. The normalized spacial score (nSPS) is 20.3. The van der Waals surface area contributed by atoms with E-state index in [4.69, 9.17) is 0 Å². The van der Waals surface area contributed by atoms with Gasteiger partial charge in [-0.25, -0.2) is 14.6 Å². The molecule has 2 aromatic heterocycles. The average molecular weight is 671 g/mol. The molecule has 0 aliphatic carbocycles. The Morgan fingerprint density at radius 1 is 0.918 bits per heavy atom. The lowest BCUT2D eigenvalue weighted by molar-refractivity contribution is -0.132. The summed E-state index contributed by atoms with van der Waals surface area (Å²) >= 11 is 0. The molecule has 0 bridgehead atoms. The number of nitrogens with zero attached hydrogens (tertiary/aromatic N) is 5. The molecular formula is C34H42N10O5. The maximum atomic E-state index is 13.6. The minimum absolute atomic E-state index is 0.0513. The predicted octanol–water partition coefficient (Wildman–Crippen LogP) is 1.70. The van der Waals surface area contributed by atoms with Crippen LogP contribution in [0.2, 0.25) is 0 Å². The number of hydrogen-bond donors (Lipinski definition) is 5. The number of aromatic nitrogens is 5. The molecule has 1 aliphatic heterocycles. The lowest BCUT2D eigenvalue weighted by atomic mass is 10.0. The Morgan fingerprint density at radius 3 is 2.45 bits per heavy atom. The van der Waals surface area contributed by atoms with Gasteiger partial charge in [0.15, 0.2) is 5.82 Å². The quantitative estimate of drug-likeness (QED) is 0.216. The molecule has 49 heavy (non-hydrogen) atoms. The van der Waals surface area contributed by atoms with Crippen LogP contribution >= 0.6 is 0 Å². The van der Waals surface area contributed by atoms with Crippen molar-refractivity contribution in [2.24, 2.45) is 5.92 Å². The number of benzene rings is 2. The van der Waals surface area contributed by atoms with Crippen molar-refractivity contribution in [1.29, 1.82) is 0 Å². The highest BCUT2D eigenvalue weighted by atomic mass is 16.2. The van der Waals surface area contributed by atoms with Gasteiger partial charge in [0, 0.05) is 24.2 Å². The molecule has 0 fully saturated rings. The minimum atomic E-state index is -0.997. The van der Waals surface area contributed by atoms with Crippen LogP contribution in [0.25, 0.3) is 22.4 Å². The molecule has 0 radical (unpaired) electrons. The molecule has 0 unspecified atom stereocenters. The molecule has 3 atom stereocenters. The summed E-state index contributed by atoms with van der Waals surface area (Å²) in [5, 5.41) is 15.8. The molecule has 5 amide bonds. The topological polar surface area (TPSA) is 196 Å². The average Bonchev–Trinajstić information content (AvgIpc) is 3.72. The van der Waals surface area contributed by atoms with Crippen molar-refractivity contribution in [3.8, 4) is 11.4 Å². The van der Waals surface area contributed by atoms with Crippen LogP contribution in [-0.4, -0.2) is 90.9 Å². The van der Waals surface area contributed by atoms with Crippen molar-refractivity contribution < 1.29 is 24.0 Å². The van der Waals surface area contributed by atoms with Gasteiger partial charge in [0.2, 0.25) is 23.6 Å². The third-order valence-corrected chi connectivity index (χ3v) is 8.10. The van der Waals surface area contributed by atoms with Gasteiger partial charge in [0.25, 0.3) is 5.91 Å². The third-order valence-electron chi connectivity index (χ3n) is 8.10. The molecule has 0 saturated carbocycles. The molecule has 5 rings (SSSR count). The van der Waals surface area contributed by atoms with Crippen LogP contribution in [0.4, 0.5) is 0 Å². The first-order chi connectivity index (χ1) is 23.5. The summed E-state index contributed by atoms with van der Waals surface area (Å²) in [5.41, 5.74) is 2.45. The van der Waals surface area contributed by atoms with E-state index in [2.05, 4.69) is 41.3 Å². The van der Waals surface area contributed by atoms with Crippen LogP contribution < -0.4 is 21.3 Å². The minimum Gasteiger partial charge on any atom is -0.354 e. The SMILES string of the molecule is CC(C)C[C@H]1NC(=O)[C@@H](C)NC(=O)CN(C(=O)c2ccc3nc[nH]c3c2)CCCNC(=O)Cn2nc(-c3ccccc3)nc2[C@H](C)NC1=O. The van der Waals surface area contributed by atoms with E-state index in [1.165, 1.54) is 22.8 Å². The fourth-order valence-electron chi connectivity index (χ4n) is 5.60. The van der Waals surface area contributed by atoms with Crippen molar-refractivity contribution in [2.75, 3.05) is 19.6 Å². The van der Waals surface area contributed by atoms with Gasteiger partial charge in [-0.3, -0.25) is 24.0 Å². The summed E-state index contributed by atoms with van der Waals surface area (Å²) in [4.78, 5) is 80.0. The molecule has 5 N–H and O–H groups in total. The molecule has 15 nitrogen and oxygen atoms in total. The van der Waals surface area contributed by atoms with Gasteiger partial charge < -0.3 is 31.2 Å². The van der Waals surface area contributed by atoms with Crippen molar-refractivity contribution in [3.05, 3.63) is 66.2 Å². The monoisotopic (exact) mass is 670 g/mol. The highest BCUT2D eigenvalue weighted by molar-refractivity contribution is 5.99. The number of hydrogen-bond acceptors (Lipinski definition) is 8. The van der Waals surface area contributed by atoms with Crippen LogP contribution in [0.5, 0.6) is 0 Å². The van der Waals surface area contributed by atoms with Gasteiger partial charge in [0.1, 0.15) is 24.5 Å². The molecule has 15 heteroatoms. The number of nitrogens with one attached hydrogen (secondary N) is 5. The van der Waals surface area contributed by atoms with Crippen molar-refractivity contribution in [1.82, 2.24) is 50.9 Å². The van der Waals surface area contributed by atoms with E-state index in [1.54, 1.807) is 25.1 Å². The van der Waals surface area contributed by atoms with Crippen molar-refractivity contribution in [3.63, 3.8) is 0 Å². The Balaban J connectivity index is 1.42. The van der Waals surface area contributed by atoms with Crippen LogP contribution in [0.1, 0.15) is 62.8 Å². The van der Waals surface area contributed by atoms with Crippen LogP contribution in [0.3, 0.4) is 0 Å². The zero-order valence-electron chi connectivity index (χ0n) is 28.0. The lowest BCUT2D eigenvalue weighted by Crippen LogP contribution is -2.54. The number of aromatic amines is 1. The molecule has 0 saturated heterocycles. The van der Waals surface area contributed by atoms with Crippen LogP contribution in [0.15, 0.2) is 54.9 Å². The van der Waals surface area contributed by atoms with E-state index < -0.39 is 41.8 Å². The van der Waals surface area contributed by atoms with Gasteiger partial charge in [0.05, 0.1) is 29.9 Å². The lowest BCUT2D eigenvalue weighted by Gasteiger charge is -2.25. The van der Waals surface area contributed by atoms with E-state index in [9.17, 15) is 24.0 Å². The fraction of sp³-hybridized carbons (Fsp3) is 0.412. The Bertz CT molecular complexity index is 1820. The Kier molecular flexibility index (Phi) is 11.0. The second kappa shape index (κ2) is 15.5. The zero-order chi connectivity index (χ0) is 35.1. The van der Waals surface area contributed by atoms with E-state index >= 15 is 0 Å². The summed E-state index contributed by atoms with van der Waals surface area (Å²) in [6, 6.07) is 11.7. The number of carbonyl (C=O) groups is 5. The van der Waals surface area contributed by atoms with Gasteiger partial charge in [-0.2, -0.15) is 5.10 Å². The molecule has 3 heterocycles. The second-order valence-electron chi connectivity index (χ2n) is 12.6. The van der Waals surface area contributed by atoms with Gasteiger partial charge in [-0.05, 0) is 50.8 Å². The summed E-state index contributed by atoms with van der Waals surface area (Å²) in [7, 11) is 0. The Hall–Kier alpha value is -5.60. The molecule has 258 valence electrons. The first-order valence-corrected chi connectivity index (χ1v) is 16.4. The van der Waals surface area contributed by atoms with Crippen molar-refractivity contribution in [2.45, 2.75) is 65.2 Å². The van der Waals surface area contributed by atoms with Gasteiger partial charge >= 0.3 is 0 Å². The molecule has 0 spiro atoms. The molecule has 2 aromatic carbocycles. The van der Waals surface area contributed by atoms with Gasteiger partial charge in [-0.1, -0.05) is 44.2 Å². The van der Waals surface area contributed by atoms with E-state index in [1.807, 2.05) is 44.2 Å². The largest absolute Gasteiger partial charge is 0.354 e. The van der Waals surface area contributed by atoms with Crippen LogP contribution in [0, 0.1) is 5.92 Å². The first kappa shape index (κ1) is 34.7. The summed E-state index contributed by atoms with van der Waals surface area (Å²) in [5.74, 6) is -1.48. The smallest absolute Gasteiger partial charge is 0.254 e. The van der Waals surface area contributed by atoms with E-state index in [0.717, 1.165) is 5.56 Å². The number of carbonyl (C=O) groups excluding carboxylic acids is 5. The highest BCUT2D eigenvalue weighted by Gasteiger charge is 2.29. The number of imidazole rings is 1. The highest BCUT2D eigenvalue weighted by Crippen LogP contribution is 2.20. The van der Waals surface area contributed by atoms with Crippen LogP contribution in [-0.2, 0) is 25.7 Å². The first-order valence-electron chi connectivity index (χ1n) is 16.4. The van der Waals surface area contributed by atoms with E-state index in [0.29, 0.717) is 41.1 Å². The fourth-order valence-corrected chi connectivity index (χ4v) is 5.60. The summed E-state index contributed by atoms with van der Waals surface area (Å²) in [6.45, 7) is 6.97. The third kappa shape index (κ3) is 8.86. The molecular weight excluding hydrogens is 628 g/mol. The van der Waals surface area contributed by atoms with Gasteiger partial charge in [-0.15, -0.1) is 0 Å². The maximum Gasteiger partial charge on any atom is 0.254 e.